The first-order chi connectivity index (χ1) is 18.9. The number of thiazole rings is 1. The number of amidine groups is 1. The number of carbonyl (C=O) groups excluding carboxylic acids is 1. The van der Waals surface area contributed by atoms with Crippen molar-refractivity contribution in [1.29, 1.82) is 0 Å². The molecular weight excluding hydrogens is 551 g/mol. The van der Waals surface area contributed by atoms with E-state index in [2.05, 4.69) is 20.4 Å². The van der Waals surface area contributed by atoms with Crippen LogP contribution in [0.3, 0.4) is 0 Å². The van der Waals surface area contributed by atoms with Crippen molar-refractivity contribution in [3.05, 3.63) is 105 Å². The highest BCUT2D eigenvalue weighted by molar-refractivity contribution is 7.11. The van der Waals surface area contributed by atoms with Crippen molar-refractivity contribution >= 4 is 40.3 Å². The van der Waals surface area contributed by atoms with Crippen molar-refractivity contribution in [3.63, 3.8) is 0 Å². The van der Waals surface area contributed by atoms with E-state index in [-0.39, 0.29) is 22.7 Å². The Labute approximate surface area is 229 Å². The Balaban J connectivity index is 1.48. The van der Waals surface area contributed by atoms with E-state index in [9.17, 15) is 18.0 Å². The number of amides is 1. The number of pyridine rings is 1. The van der Waals surface area contributed by atoms with E-state index in [0.717, 1.165) is 5.70 Å². The van der Waals surface area contributed by atoms with Gasteiger partial charge in [0.05, 0.1) is 17.3 Å². The first-order valence-electron chi connectivity index (χ1n) is 11.9. The maximum atomic E-state index is 14.0. The van der Waals surface area contributed by atoms with Crippen LogP contribution in [0.5, 0.6) is 0 Å². The van der Waals surface area contributed by atoms with Crippen LogP contribution in [0, 0.1) is 5.82 Å². The number of carbonyl (C=O) groups is 1. The Morgan fingerprint density at radius 3 is 2.77 bits per heavy atom. The molecule has 3 aromatic heterocycles. The molecule has 1 fully saturated rings. The topological polar surface area (TPSA) is 88.3 Å². The summed E-state index contributed by atoms with van der Waals surface area (Å²) in [6.07, 6.45) is 6.28. The first-order valence-corrected chi connectivity index (χ1v) is 13.1. The summed E-state index contributed by atoms with van der Waals surface area (Å²) >= 11 is 7.87. The van der Waals surface area contributed by atoms with E-state index < -0.39 is 18.4 Å². The third-order valence-corrected chi connectivity index (χ3v) is 7.58. The predicted molar refractivity (Wildman–Crippen MR) is 140 cm³/mol. The molecular formula is C26H19ClF3N7OS. The number of nitrogens with one attached hydrogen (secondary N) is 1. The zero-order valence-corrected chi connectivity index (χ0v) is 21.6. The highest BCUT2D eigenvalue weighted by Gasteiger charge is 2.41. The molecule has 6 rings (SSSR count). The number of benzene rings is 1. The molecule has 0 aliphatic carbocycles. The number of hydrogen-bond acceptors (Lipinski definition) is 7. The highest BCUT2D eigenvalue weighted by Crippen LogP contribution is 2.46. The summed E-state index contributed by atoms with van der Waals surface area (Å²) in [6.45, 7) is -2.47. The van der Waals surface area contributed by atoms with Crippen LogP contribution in [0.15, 0.2) is 77.3 Å². The molecule has 8 nitrogen and oxygen atoms in total. The quantitative estimate of drug-likeness (QED) is 0.339. The van der Waals surface area contributed by atoms with Crippen LogP contribution in [0.25, 0.3) is 5.57 Å². The van der Waals surface area contributed by atoms with Gasteiger partial charge in [0.2, 0.25) is 0 Å². The molecule has 1 aromatic carbocycles. The fraction of sp³-hybridized carbons (Fsp3) is 0.192. The molecule has 39 heavy (non-hydrogen) atoms. The molecule has 1 saturated heterocycles. The number of aliphatic imine (C=N–C) groups is 1. The van der Waals surface area contributed by atoms with Gasteiger partial charge in [0.1, 0.15) is 11.9 Å². The number of aromatic nitrogens is 4. The van der Waals surface area contributed by atoms with Gasteiger partial charge in [-0.05, 0) is 30.3 Å². The van der Waals surface area contributed by atoms with Gasteiger partial charge in [0.25, 0.3) is 5.91 Å². The molecule has 4 aromatic rings. The van der Waals surface area contributed by atoms with Crippen molar-refractivity contribution in [2.75, 3.05) is 6.54 Å². The monoisotopic (exact) mass is 569 g/mol. The highest BCUT2D eigenvalue weighted by atomic mass is 35.5. The lowest BCUT2D eigenvalue weighted by Gasteiger charge is -2.32. The predicted octanol–water partition coefficient (Wildman–Crippen LogP) is 5.34. The Hall–Kier alpha value is -4.03. The SMILES string of the molecule is O=C(N[C@H]1CC2=C(c3ccn(C(F)F)n3)[C@H](c3ccc(F)cc3Cl)N=C(c3nccs3)N2C1)c1cccnc1. The third kappa shape index (κ3) is 4.81. The maximum Gasteiger partial charge on any atom is 0.333 e. The lowest BCUT2D eigenvalue weighted by atomic mass is 9.92. The first kappa shape index (κ1) is 25.3. The van der Waals surface area contributed by atoms with Gasteiger partial charge in [0, 0.05) is 65.0 Å². The van der Waals surface area contributed by atoms with Crippen LogP contribution >= 0.6 is 22.9 Å². The third-order valence-electron chi connectivity index (χ3n) is 6.48. The average molecular weight is 570 g/mol. The number of halogens is 4. The van der Waals surface area contributed by atoms with Crippen LogP contribution < -0.4 is 5.32 Å². The van der Waals surface area contributed by atoms with Gasteiger partial charge in [-0.1, -0.05) is 17.7 Å². The summed E-state index contributed by atoms with van der Waals surface area (Å²) in [4.78, 5) is 28.3. The Morgan fingerprint density at radius 2 is 2.08 bits per heavy atom. The maximum absolute atomic E-state index is 14.0. The summed E-state index contributed by atoms with van der Waals surface area (Å²) in [5.41, 5.74) is 2.46. The molecule has 1 amide bonds. The minimum atomic E-state index is -2.83. The van der Waals surface area contributed by atoms with Gasteiger partial charge in [-0.15, -0.1) is 11.3 Å². The Kier molecular flexibility index (Phi) is 6.65. The summed E-state index contributed by atoms with van der Waals surface area (Å²) in [5, 5.41) is 9.75. The van der Waals surface area contributed by atoms with Crippen LogP contribution in [0.2, 0.25) is 5.02 Å². The van der Waals surface area contributed by atoms with Gasteiger partial charge in [-0.3, -0.25) is 14.8 Å². The lowest BCUT2D eigenvalue weighted by Crippen LogP contribution is -2.39. The van der Waals surface area contributed by atoms with E-state index in [1.54, 1.807) is 24.5 Å². The zero-order chi connectivity index (χ0) is 27.1. The molecule has 0 saturated carbocycles. The summed E-state index contributed by atoms with van der Waals surface area (Å²) in [5.74, 6) is -0.260. The normalized spacial score (nSPS) is 18.9. The molecule has 0 spiro atoms. The molecule has 0 unspecified atom stereocenters. The molecule has 0 radical (unpaired) electrons. The average Bonchev–Trinajstić information content (AvgIpc) is 3.69. The molecule has 2 atom stereocenters. The molecule has 198 valence electrons. The second kappa shape index (κ2) is 10.3. The van der Waals surface area contributed by atoms with Gasteiger partial charge in [0.15, 0.2) is 10.8 Å². The van der Waals surface area contributed by atoms with Crippen molar-refractivity contribution in [1.82, 2.24) is 30.0 Å². The van der Waals surface area contributed by atoms with Crippen LogP contribution in [0.1, 0.15) is 45.6 Å². The lowest BCUT2D eigenvalue weighted by molar-refractivity contribution is 0.0564. The standard InChI is InChI=1S/C26H19ClF3N7OS/c27-18-10-15(28)3-4-17(18)22-21(19-5-8-37(35-19)26(29)30)20-11-16(33-24(38)14-2-1-6-31-12-14)13-36(20)23(34-22)25-32-7-9-39-25/h1-10,12,16,22,26H,11,13H2,(H,33,38)/t16-,22-/m0/s1. The molecule has 1 N–H and O–H groups in total. The zero-order valence-electron chi connectivity index (χ0n) is 20.0. The Bertz CT molecular complexity index is 1590. The van der Waals surface area contributed by atoms with E-state index in [1.165, 1.54) is 48.0 Å². The van der Waals surface area contributed by atoms with Gasteiger partial charge in [-0.25, -0.2) is 14.1 Å². The van der Waals surface area contributed by atoms with Crippen molar-refractivity contribution < 1.29 is 18.0 Å². The van der Waals surface area contributed by atoms with E-state index in [4.69, 9.17) is 16.6 Å². The smallest absolute Gasteiger partial charge is 0.333 e. The largest absolute Gasteiger partial charge is 0.347 e. The van der Waals surface area contributed by atoms with E-state index in [0.29, 0.717) is 45.2 Å². The van der Waals surface area contributed by atoms with Gasteiger partial charge >= 0.3 is 6.55 Å². The van der Waals surface area contributed by atoms with Crippen molar-refractivity contribution in [2.45, 2.75) is 25.1 Å². The Morgan fingerprint density at radius 1 is 1.21 bits per heavy atom. The second-order valence-electron chi connectivity index (χ2n) is 8.90. The van der Waals surface area contributed by atoms with E-state index in [1.807, 2.05) is 10.3 Å². The number of nitrogens with zero attached hydrogens (tertiary/aromatic N) is 6. The number of hydrogen-bond donors (Lipinski definition) is 1. The fourth-order valence-corrected chi connectivity index (χ4v) is 5.73. The molecule has 13 heteroatoms. The minimum Gasteiger partial charge on any atom is -0.347 e. The molecule has 2 aliphatic heterocycles. The van der Waals surface area contributed by atoms with Crippen molar-refractivity contribution in [2.24, 2.45) is 4.99 Å². The number of rotatable bonds is 6. The summed E-state index contributed by atoms with van der Waals surface area (Å²) in [6, 6.07) is 7.71. The van der Waals surface area contributed by atoms with Crippen molar-refractivity contribution in [3.8, 4) is 0 Å². The van der Waals surface area contributed by atoms with Crippen LogP contribution in [-0.2, 0) is 0 Å². The van der Waals surface area contributed by atoms with E-state index >= 15 is 0 Å². The summed E-state index contributed by atoms with van der Waals surface area (Å²) in [7, 11) is 0. The fourth-order valence-electron chi connectivity index (χ4n) is 4.82. The number of alkyl halides is 2. The van der Waals surface area contributed by atoms with Gasteiger partial charge in [-0.2, -0.15) is 13.9 Å². The minimum absolute atomic E-state index is 0.140. The molecule has 2 aliphatic rings. The van der Waals surface area contributed by atoms with Gasteiger partial charge < -0.3 is 10.2 Å². The van der Waals surface area contributed by atoms with Crippen LogP contribution in [0.4, 0.5) is 13.2 Å². The molecule has 5 heterocycles. The molecule has 0 bridgehead atoms. The summed E-state index contributed by atoms with van der Waals surface area (Å²) < 4.78 is 41.5. The second-order valence-corrected chi connectivity index (χ2v) is 10.2. The number of fused-ring (bicyclic) bond motifs is 1. The van der Waals surface area contributed by atoms with Crippen LogP contribution in [-0.4, -0.2) is 49.0 Å².